The number of likely N-dealkylation sites (N-methyl/N-ethyl adjacent to an activating group) is 1. The Morgan fingerprint density at radius 2 is 1.80 bits per heavy atom. The highest BCUT2D eigenvalue weighted by atomic mass is 16.2. The molecular weight excluding hydrogens is 442 g/mol. The van der Waals surface area contributed by atoms with Crippen molar-refractivity contribution in [3.8, 4) is 0 Å². The molecule has 0 radical (unpaired) electrons. The molecule has 2 fully saturated rings. The maximum absolute atomic E-state index is 13.6. The molecule has 0 aromatic heterocycles. The van der Waals surface area contributed by atoms with Crippen molar-refractivity contribution in [3.63, 3.8) is 0 Å². The SMILES string of the molecule is CCCC[C@H]1C(=O)N(Cc2cccc(C)c2)C[C@H]2N1C(=O)CN(C)N2C(=O)NCc1ccccc1. The molecule has 2 atom stereocenters. The molecule has 2 saturated heterocycles. The van der Waals surface area contributed by atoms with Gasteiger partial charge >= 0.3 is 6.03 Å². The van der Waals surface area contributed by atoms with Gasteiger partial charge in [0.25, 0.3) is 0 Å². The molecule has 0 bridgehead atoms. The summed E-state index contributed by atoms with van der Waals surface area (Å²) in [6, 6.07) is 17.0. The number of piperazine rings is 1. The molecule has 2 aliphatic rings. The van der Waals surface area contributed by atoms with E-state index in [9.17, 15) is 14.4 Å². The Bertz CT molecular complexity index is 1060. The van der Waals surface area contributed by atoms with Crippen LogP contribution in [-0.2, 0) is 22.7 Å². The lowest BCUT2D eigenvalue weighted by molar-refractivity contribution is -0.188. The van der Waals surface area contributed by atoms with Crippen molar-refractivity contribution in [2.75, 3.05) is 20.1 Å². The Balaban J connectivity index is 1.60. The predicted octanol–water partition coefficient (Wildman–Crippen LogP) is 3.12. The van der Waals surface area contributed by atoms with Crippen LogP contribution in [0.3, 0.4) is 0 Å². The lowest BCUT2D eigenvalue weighted by Gasteiger charge is -2.54. The van der Waals surface area contributed by atoms with Gasteiger partial charge in [0.1, 0.15) is 12.2 Å². The number of nitrogens with one attached hydrogen (secondary N) is 1. The van der Waals surface area contributed by atoms with Crippen LogP contribution in [0, 0.1) is 6.92 Å². The van der Waals surface area contributed by atoms with E-state index in [0.29, 0.717) is 19.5 Å². The number of aryl methyl sites for hydroxylation is 1. The molecule has 4 rings (SSSR count). The second kappa shape index (κ2) is 10.9. The zero-order valence-corrected chi connectivity index (χ0v) is 20.8. The van der Waals surface area contributed by atoms with Gasteiger partial charge in [0.15, 0.2) is 0 Å². The number of hydrazine groups is 1. The second-order valence-electron chi connectivity index (χ2n) is 9.45. The van der Waals surface area contributed by atoms with Crippen molar-refractivity contribution in [1.29, 1.82) is 0 Å². The fourth-order valence-corrected chi connectivity index (χ4v) is 5.01. The summed E-state index contributed by atoms with van der Waals surface area (Å²) in [6.45, 7) is 5.26. The maximum Gasteiger partial charge on any atom is 0.334 e. The lowest BCUT2D eigenvalue weighted by atomic mass is 10.0. The van der Waals surface area contributed by atoms with E-state index in [0.717, 1.165) is 29.5 Å². The van der Waals surface area contributed by atoms with Gasteiger partial charge in [0, 0.05) is 20.1 Å². The number of amides is 4. The number of carbonyl (C=O) groups excluding carboxylic acids is 3. The van der Waals surface area contributed by atoms with Crippen molar-refractivity contribution in [3.05, 3.63) is 71.3 Å². The molecule has 0 saturated carbocycles. The van der Waals surface area contributed by atoms with Crippen LogP contribution in [0.15, 0.2) is 54.6 Å². The number of rotatable bonds is 7. The van der Waals surface area contributed by atoms with E-state index < -0.39 is 12.2 Å². The lowest BCUT2D eigenvalue weighted by Crippen LogP contribution is -2.75. The Kier molecular flexibility index (Phi) is 7.70. The molecule has 186 valence electrons. The molecule has 2 aliphatic heterocycles. The minimum absolute atomic E-state index is 0.0428. The fraction of sp³-hybridized carbons (Fsp3) is 0.444. The third kappa shape index (κ3) is 5.48. The molecule has 1 N–H and O–H groups in total. The van der Waals surface area contributed by atoms with Gasteiger partial charge in [-0.25, -0.2) is 14.8 Å². The van der Waals surface area contributed by atoms with E-state index in [2.05, 4.69) is 18.3 Å². The summed E-state index contributed by atoms with van der Waals surface area (Å²) >= 11 is 0. The van der Waals surface area contributed by atoms with Crippen molar-refractivity contribution < 1.29 is 14.4 Å². The molecule has 8 nitrogen and oxygen atoms in total. The Morgan fingerprint density at radius 3 is 2.51 bits per heavy atom. The minimum atomic E-state index is -0.566. The number of unbranched alkanes of at least 4 members (excludes halogenated alkanes) is 1. The summed E-state index contributed by atoms with van der Waals surface area (Å²) in [5.74, 6) is -0.159. The summed E-state index contributed by atoms with van der Waals surface area (Å²) in [5.41, 5.74) is 3.16. The number of carbonyl (C=O) groups is 3. The Hall–Kier alpha value is -3.39. The van der Waals surface area contributed by atoms with Gasteiger partial charge in [-0.15, -0.1) is 0 Å². The largest absolute Gasteiger partial charge is 0.334 e. The van der Waals surface area contributed by atoms with Gasteiger partial charge in [-0.1, -0.05) is 79.9 Å². The van der Waals surface area contributed by atoms with Gasteiger partial charge in [-0.05, 0) is 24.5 Å². The van der Waals surface area contributed by atoms with Crippen LogP contribution in [0.1, 0.15) is 42.9 Å². The van der Waals surface area contributed by atoms with Crippen LogP contribution in [-0.4, -0.2) is 70.0 Å². The van der Waals surface area contributed by atoms with E-state index in [4.69, 9.17) is 0 Å². The Labute approximate surface area is 207 Å². The van der Waals surface area contributed by atoms with Crippen molar-refractivity contribution in [2.45, 2.75) is 58.4 Å². The third-order valence-corrected chi connectivity index (χ3v) is 6.72. The van der Waals surface area contributed by atoms with E-state index in [1.807, 2.05) is 55.5 Å². The summed E-state index contributed by atoms with van der Waals surface area (Å²) in [6.07, 6.45) is 1.79. The second-order valence-corrected chi connectivity index (χ2v) is 9.45. The van der Waals surface area contributed by atoms with E-state index in [-0.39, 0.29) is 30.9 Å². The molecule has 2 aromatic rings. The van der Waals surface area contributed by atoms with Gasteiger partial charge in [0.2, 0.25) is 11.8 Å². The molecule has 4 amide bonds. The molecule has 0 spiro atoms. The normalized spacial score (nSPS) is 20.7. The van der Waals surface area contributed by atoms with Crippen LogP contribution >= 0.6 is 0 Å². The maximum atomic E-state index is 13.6. The van der Waals surface area contributed by atoms with Crippen LogP contribution in [0.2, 0.25) is 0 Å². The van der Waals surface area contributed by atoms with E-state index >= 15 is 0 Å². The molecule has 0 aliphatic carbocycles. The number of nitrogens with zero attached hydrogens (tertiary/aromatic N) is 4. The van der Waals surface area contributed by atoms with Crippen LogP contribution < -0.4 is 5.32 Å². The highest BCUT2D eigenvalue weighted by Crippen LogP contribution is 2.29. The number of fused-ring (bicyclic) bond motifs is 1. The van der Waals surface area contributed by atoms with Crippen LogP contribution in [0.5, 0.6) is 0 Å². The minimum Gasteiger partial charge on any atom is -0.333 e. The zero-order chi connectivity index (χ0) is 24.9. The first-order valence-corrected chi connectivity index (χ1v) is 12.4. The van der Waals surface area contributed by atoms with Gasteiger partial charge in [-0.2, -0.15) is 0 Å². The van der Waals surface area contributed by atoms with Gasteiger partial charge in [0.05, 0.1) is 13.1 Å². The Morgan fingerprint density at radius 1 is 1.06 bits per heavy atom. The zero-order valence-electron chi connectivity index (χ0n) is 20.8. The van der Waals surface area contributed by atoms with Crippen molar-refractivity contribution >= 4 is 17.8 Å². The summed E-state index contributed by atoms with van der Waals surface area (Å²) in [7, 11) is 1.75. The standard InChI is InChI=1S/C27H35N5O3/c1-4-5-14-23-26(34)30(17-22-13-9-10-20(2)15-22)18-24-31(23)25(33)19-29(3)32(24)27(35)28-16-21-11-7-6-8-12-21/h6-13,15,23-24H,4-5,14,16-19H2,1-3H3,(H,28,35)/t23-,24-/m0/s1. The average Bonchev–Trinajstić information content (AvgIpc) is 2.83. The van der Waals surface area contributed by atoms with Crippen LogP contribution in [0.25, 0.3) is 0 Å². The number of urea groups is 1. The van der Waals surface area contributed by atoms with Crippen molar-refractivity contribution in [1.82, 2.24) is 25.1 Å². The van der Waals surface area contributed by atoms with E-state index in [1.54, 1.807) is 26.9 Å². The number of benzene rings is 2. The average molecular weight is 478 g/mol. The highest BCUT2D eigenvalue weighted by Gasteiger charge is 2.50. The number of hydrogen-bond acceptors (Lipinski definition) is 4. The first kappa shape index (κ1) is 24.7. The number of hydrogen-bond donors (Lipinski definition) is 1. The molecule has 0 unspecified atom stereocenters. The van der Waals surface area contributed by atoms with Crippen LogP contribution in [0.4, 0.5) is 4.79 Å². The van der Waals surface area contributed by atoms with Gasteiger partial charge in [-0.3, -0.25) is 9.59 Å². The monoisotopic (exact) mass is 477 g/mol. The highest BCUT2D eigenvalue weighted by molar-refractivity contribution is 5.91. The molecule has 2 heterocycles. The fourth-order valence-electron chi connectivity index (χ4n) is 5.01. The van der Waals surface area contributed by atoms with Crippen molar-refractivity contribution in [2.24, 2.45) is 0 Å². The predicted molar refractivity (Wildman–Crippen MR) is 134 cm³/mol. The molecule has 35 heavy (non-hydrogen) atoms. The quantitative estimate of drug-likeness (QED) is 0.665. The molecular formula is C27H35N5O3. The molecule has 8 heteroatoms. The smallest absolute Gasteiger partial charge is 0.333 e. The van der Waals surface area contributed by atoms with Gasteiger partial charge < -0.3 is 15.1 Å². The topological polar surface area (TPSA) is 76.2 Å². The van der Waals surface area contributed by atoms with E-state index in [1.165, 1.54) is 0 Å². The molecule has 2 aromatic carbocycles. The first-order valence-electron chi connectivity index (χ1n) is 12.4. The third-order valence-electron chi connectivity index (χ3n) is 6.72. The summed E-state index contributed by atoms with van der Waals surface area (Å²) in [4.78, 5) is 43.6. The summed E-state index contributed by atoms with van der Waals surface area (Å²) < 4.78 is 0. The first-order chi connectivity index (χ1) is 16.9. The summed E-state index contributed by atoms with van der Waals surface area (Å²) in [5, 5.41) is 6.27.